The van der Waals surface area contributed by atoms with Gasteiger partial charge in [-0.1, -0.05) is 6.92 Å². The minimum absolute atomic E-state index is 0.0761. The van der Waals surface area contributed by atoms with E-state index in [9.17, 15) is 4.79 Å². The topological polar surface area (TPSA) is 119 Å². The monoisotopic (exact) mass is 441 g/mol. The Hall–Kier alpha value is -3.14. The molecule has 1 fully saturated rings. The van der Waals surface area contributed by atoms with Crippen LogP contribution in [0.4, 0.5) is 16.4 Å². The molecule has 10 nitrogen and oxygen atoms in total. The highest BCUT2D eigenvalue weighted by atomic mass is 16.6. The normalized spacial score (nSPS) is 19.2. The maximum Gasteiger partial charge on any atom is 0.407 e. The van der Waals surface area contributed by atoms with Crippen LogP contribution < -0.4 is 10.6 Å². The molecule has 0 bridgehead atoms. The number of nitrogens with zero attached hydrogens (tertiary/aromatic N) is 4. The Bertz CT molecular complexity index is 1080. The summed E-state index contributed by atoms with van der Waals surface area (Å²) < 4.78 is 12.6. The van der Waals surface area contributed by atoms with Gasteiger partial charge in [-0.15, -0.1) is 0 Å². The second-order valence-electron chi connectivity index (χ2n) is 8.38. The van der Waals surface area contributed by atoms with Crippen molar-refractivity contribution in [2.75, 3.05) is 12.4 Å². The zero-order valence-electron chi connectivity index (χ0n) is 19.0. The fourth-order valence-electron chi connectivity index (χ4n) is 4.18. The lowest BCUT2D eigenvalue weighted by Crippen LogP contribution is -2.34. The van der Waals surface area contributed by atoms with Gasteiger partial charge in [-0.3, -0.25) is 9.78 Å². The van der Waals surface area contributed by atoms with Crippen LogP contribution in [0.2, 0.25) is 0 Å². The number of H-pyrrole nitrogens is 1. The number of ether oxygens (including phenoxy) is 2. The third kappa shape index (κ3) is 4.69. The van der Waals surface area contributed by atoms with Crippen molar-refractivity contribution in [3.05, 3.63) is 29.7 Å². The Morgan fingerprint density at radius 3 is 3.03 bits per heavy atom. The van der Waals surface area contributed by atoms with Crippen LogP contribution in [0.25, 0.3) is 10.9 Å². The van der Waals surface area contributed by atoms with Crippen molar-refractivity contribution in [3.8, 4) is 0 Å². The number of hydrogen-bond acceptors (Lipinski definition) is 7. The number of carbonyl (C=O) groups excluding carboxylic acids is 1. The van der Waals surface area contributed by atoms with Crippen molar-refractivity contribution >= 4 is 28.6 Å². The molecule has 172 valence electrons. The van der Waals surface area contributed by atoms with E-state index < -0.39 is 0 Å². The largest absolute Gasteiger partial charge is 0.446 e. The fourth-order valence-corrected chi connectivity index (χ4v) is 4.18. The average Bonchev–Trinajstić information content (AvgIpc) is 3.48. The zero-order chi connectivity index (χ0) is 22.7. The molecule has 3 heterocycles. The first-order valence-corrected chi connectivity index (χ1v) is 11.1. The first-order valence-electron chi connectivity index (χ1n) is 11.1. The van der Waals surface area contributed by atoms with E-state index in [-0.39, 0.29) is 24.2 Å². The smallest absolute Gasteiger partial charge is 0.407 e. The number of methoxy groups -OCH3 is 1. The van der Waals surface area contributed by atoms with Crippen LogP contribution in [0.1, 0.15) is 56.8 Å². The standard InChI is InChI=1S/C22H31N7O3/c1-5-13(2)24-22(30)32-15-7-6-14(10-15)17-11-19(27-26-17)25-21-20-16(8-9-23-21)18(12-31-4)28-29(20)3/h8-9,11,13-15H,5-7,10,12H2,1-4H3,(H,24,30)(H2,23,25,26,27)/t13?,14-,15+/m0/s1. The summed E-state index contributed by atoms with van der Waals surface area (Å²) in [6.45, 7) is 4.44. The number of anilines is 2. The Morgan fingerprint density at radius 1 is 1.41 bits per heavy atom. The molecule has 0 aromatic carbocycles. The highest BCUT2D eigenvalue weighted by molar-refractivity contribution is 5.91. The molecule has 0 radical (unpaired) electrons. The summed E-state index contributed by atoms with van der Waals surface area (Å²) in [5, 5.41) is 19.3. The SMILES string of the molecule is CCC(C)NC(=O)O[C@@H]1CC[C@H](c2cc(Nc3nccc4c(COC)nn(C)c34)n[nH]2)C1. The summed E-state index contributed by atoms with van der Waals surface area (Å²) in [4.78, 5) is 16.5. The van der Waals surface area contributed by atoms with Crippen molar-refractivity contribution in [3.63, 3.8) is 0 Å². The summed E-state index contributed by atoms with van der Waals surface area (Å²) in [7, 11) is 3.54. The quantitative estimate of drug-likeness (QED) is 0.487. The van der Waals surface area contributed by atoms with Gasteiger partial charge in [0.1, 0.15) is 11.6 Å². The lowest BCUT2D eigenvalue weighted by atomic mass is 10.0. The molecule has 3 aromatic heterocycles. The number of rotatable bonds is 8. The minimum Gasteiger partial charge on any atom is -0.446 e. The van der Waals surface area contributed by atoms with Crippen LogP contribution in [0, 0.1) is 0 Å². The molecule has 32 heavy (non-hydrogen) atoms. The summed E-state index contributed by atoms with van der Waals surface area (Å²) in [6, 6.07) is 4.05. The Balaban J connectivity index is 1.41. The Morgan fingerprint density at radius 2 is 2.25 bits per heavy atom. The number of aromatic amines is 1. The lowest BCUT2D eigenvalue weighted by molar-refractivity contribution is 0.0974. The second-order valence-corrected chi connectivity index (χ2v) is 8.38. The predicted molar refractivity (Wildman–Crippen MR) is 121 cm³/mol. The molecule has 1 aliphatic rings. The lowest BCUT2D eigenvalue weighted by Gasteiger charge is -2.16. The maximum atomic E-state index is 12.0. The second kappa shape index (κ2) is 9.56. The number of nitrogens with one attached hydrogen (secondary N) is 3. The number of aryl methyl sites for hydroxylation is 1. The number of aromatic nitrogens is 5. The number of amides is 1. The van der Waals surface area contributed by atoms with Crippen molar-refractivity contribution in [1.29, 1.82) is 0 Å². The van der Waals surface area contributed by atoms with Crippen LogP contribution in [0.5, 0.6) is 0 Å². The third-order valence-electron chi connectivity index (χ3n) is 6.03. The Labute approximate surface area is 187 Å². The van der Waals surface area contributed by atoms with Gasteiger partial charge in [0, 0.05) is 49.5 Å². The molecule has 0 saturated heterocycles. The van der Waals surface area contributed by atoms with Gasteiger partial charge < -0.3 is 20.1 Å². The number of pyridine rings is 1. The van der Waals surface area contributed by atoms with E-state index in [0.717, 1.165) is 48.0 Å². The molecule has 1 saturated carbocycles. The molecule has 3 aromatic rings. The molecule has 0 spiro atoms. The highest BCUT2D eigenvalue weighted by Gasteiger charge is 2.30. The van der Waals surface area contributed by atoms with Crippen LogP contribution in [0.15, 0.2) is 18.3 Å². The zero-order valence-corrected chi connectivity index (χ0v) is 19.0. The number of fused-ring (bicyclic) bond motifs is 1. The number of carbonyl (C=O) groups is 1. The number of alkyl carbamates (subject to hydrolysis) is 1. The molecule has 0 aliphatic heterocycles. The molecule has 1 amide bonds. The van der Waals surface area contributed by atoms with Gasteiger partial charge in [0.15, 0.2) is 11.6 Å². The van der Waals surface area contributed by atoms with E-state index in [1.54, 1.807) is 18.0 Å². The van der Waals surface area contributed by atoms with Crippen molar-refractivity contribution in [1.82, 2.24) is 30.3 Å². The summed E-state index contributed by atoms with van der Waals surface area (Å²) >= 11 is 0. The van der Waals surface area contributed by atoms with Gasteiger partial charge in [0.2, 0.25) is 0 Å². The molecular formula is C22H31N7O3. The van der Waals surface area contributed by atoms with Gasteiger partial charge in [0.05, 0.1) is 12.3 Å². The molecule has 1 aliphatic carbocycles. The van der Waals surface area contributed by atoms with E-state index in [1.165, 1.54) is 0 Å². The fraction of sp³-hybridized carbons (Fsp3) is 0.545. The minimum atomic E-state index is -0.333. The third-order valence-corrected chi connectivity index (χ3v) is 6.03. The first-order chi connectivity index (χ1) is 15.5. The predicted octanol–water partition coefficient (Wildman–Crippen LogP) is 3.74. The van der Waals surface area contributed by atoms with Crippen LogP contribution in [0.3, 0.4) is 0 Å². The van der Waals surface area contributed by atoms with E-state index in [2.05, 4.69) is 30.9 Å². The molecule has 4 rings (SSSR count). The maximum absolute atomic E-state index is 12.0. The molecule has 10 heteroatoms. The van der Waals surface area contributed by atoms with Gasteiger partial charge in [-0.05, 0) is 38.7 Å². The van der Waals surface area contributed by atoms with E-state index in [1.807, 2.05) is 33.0 Å². The van der Waals surface area contributed by atoms with Crippen molar-refractivity contribution < 1.29 is 14.3 Å². The molecule has 3 N–H and O–H groups in total. The van der Waals surface area contributed by atoms with Crippen LogP contribution >= 0.6 is 0 Å². The van der Waals surface area contributed by atoms with Gasteiger partial charge in [-0.25, -0.2) is 9.78 Å². The summed E-state index contributed by atoms with van der Waals surface area (Å²) in [6.07, 6.45) is 4.79. The van der Waals surface area contributed by atoms with Gasteiger partial charge in [0.25, 0.3) is 0 Å². The number of hydrogen-bond donors (Lipinski definition) is 3. The van der Waals surface area contributed by atoms with Crippen LogP contribution in [-0.4, -0.2) is 50.3 Å². The van der Waals surface area contributed by atoms with Crippen molar-refractivity contribution in [2.24, 2.45) is 7.05 Å². The molecular weight excluding hydrogens is 410 g/mol. The van der Waals surface area contributed by atoms with Gasteiger partial charge >= 0.3 is 6.09 Å². The van der Waals surface area contributed by atoms with E-state index in [0.29, 0.717) is 18.2 Å². The first kappa shape index (κ1) is 22.1. The summed E-state index contributed by atoms with van der Waals surface area (Å²) in [5.41, 5.74) is 2.79. The molecule has 3 atom stereocenters. The average molecular weight is 442 g/mol. The highest BCUT2D eigenvalue weighted by Crippen LogP contribution is 2.36. The molecule has 1 unspecified atom stereocenters. The summed E-state index contributed by atoms with van der Waals surface area (Å²) in [5.74, 6) is 1.65. The van der Waals surface area contributed by atoms with E-state index >= 15 is 0 Å². The van der Waals surface area contributed by atoms with Crippen molar-refractivity contribution in [2.45, 2.75) is 64.2 Å². The van der Waals surface area contributed by atoms with Crippen LogP contribution in [-0.2, 0) is 23.1 Å². The van der Waals surface area contributed by atoms with Gasteiger partial charge in [-0.2, -0.15) is 10.2 Å². The Kier molecular flexibility index (Phi) is 6.59. The van der Waals surface area contributed by atoms with E-state index in [4.69, 9.17) is 9.47 Å².